The summed E-state index contributed by atoms with van der Waals surface area (Å²) in [5.41, 5.74) is -0.734. The summed E-state index contributed by atoms with van der Waals surface area (Å²) in [4.78, 5) is 36.7. The Morgan fingerprint density at radius 3 is 2.17 bits per heavy atom. The summed E-state index contributed by atoms with van der Waals surface area (Å²) in [6.45, 7) is 0. The highest BCUT2D eigenvalue weighted by atomic mass is 19.1. The number of carboxylic acid groups (broad SMARTS) is 2. The van der Waals surface area contributed by atoms with Crippen molar-refractivity contribution < 1.29 is 33.4 Å². The van der Waals surface area contributed by atoms with E-state index < -0.39 is 34.9 Å². The van der Waals surface area contributed by atoms with Gasteiger partial charge < -0.3 is 10.2 Å². The molecule has 0 saturated heterocycles. The Hall–Kier alpha value is -3.55. The first kappa shape index (κ1) is 18.8. The molecule has 29 heavy (non-hydrogen) atoms. The van der Waals surface area contributed by atoms with E-state index in [2.05, 4.69) is 0 Å². The third-order valence-electron chi connectivity index (χ3n) is 5.52. The van der Waals surface area contributed by atoms with Gasteiger partial charge in [-0.3, -0.25) is 19.0 Å². The molecule has 1 aliphatic rings. The van der Waals surface area contributed by atoms with Crippen LogP contribution in [0.15, 0.2) is 42.5 Å². The van der Waals surface area contributed by atoms with Gasteiger partial charge in [-0.05, 0) is 60.9 Å². The zero-order chi connectivity index (χ0) is 20.9. The molecule has 3 aromatic rings. The molecule has 0 atom stereocenters. The second kappa shape index (κ2) is 6.51. The van der Waals surface area contributed by atoms with Crippen molar-refractivity contribution in [2.24, 2.45) is 5.41 Å². The fraction of sp³-hybridized carbons (Fsp3) is 0.190. The van der Waals surface area contributed by atoms with Crippen LogP contribution in [0.3, 0.4) is 0 Å². The summed E-state index contributed by atoms with van der Waals surface area (Å²) in [6, 6.07) is 8.66. The topological polar surface area (TPSA) is 96.6 Å². The van der Waals surface area contributed by atoms with Gasteiger partial charge >= 0.3 is 11.9 Å². The Kier molecular flexibility index (Phi) is 4.22. The first-order valence-corrected chi connectivity index (χ1v) is 8.83. The maximum Gasteiger partial charge on any atom is 0.321 e. The summed E-state index contributed by atoms with van der Waals surface area (Å²) < 4.78 is 28.5. The van der Waals surface area contributed by atoms with Gasteiger partial charge in [0.1, 0.15) is 11.6 Å². The van der Waals surface area contributed by atoms with Crippen molar-refractivity contribution in [1.82, 2.24) is 4.57 Å². The van der Waals surface area contributed by atoms with Crippen molar-refractivity contribution in [3.63, 3.8) is 0 Å². The molecule has 0 unspecified atom stereocenters. The lowest BCUT2D eigenvalue weighted by Gasteiger charge is -2.29. The lowest BCUT2D eigenvalue weighted by atomic mass is 9.72. The van der Waals surface area contributed by atoms with Crippen LogP contribution in [-0.4, -0.2) is 32.6 Å². The zero-order valence-electron chi connectivity index (χ0n) is 15.0. The lowest BCUT2D eigenvalue weighted by Crippen LogP contribution is -2.44. The Morgan fingerprint density at radius 1 is 0.931 bits per heavy atom. The first-order valence-electron chi connectivity index (χ1n) is 8.83. The molecule has 0 fully saturated rings. The van der Waals surface area contributed by atoms with Crippen LogP contribution in [0.4, 0.5) is 8.78 Å². The molecule has 4 rings (SSSR count). The van der Waals surface area contributed by atoms with Crippen LogP contribution < -0.4 is 0 Å². The van der Waals surface area contributed by atoms with Crippen molar-refractivity contribution in [3.05, 3.63) is 70.9 Å². The number of carbonyl (C=O) groups excluding carboxylic acids is 1. The summed E-state index contributed by atoms with van der Waals surface area (Å²) in [5.74, 6) is -4.53. The molecule has 0 aliphatic heterocycles. The highest BCUT2D eigenvalue weighted by Crippen LogP contribution is 2.41. The van der Waals surface area contributed by atoms with Crippen LogP contribution in [0.1, 0.15) is 28.0 Å². The number of nitrogens with zero attached hydrogens (tertiary/aromatic N) is 1. The molecule has 1 heterocycles. The smallest absolute Gasteiger partial charge is 0.321 e. The molecule has 1 aromatic heterocycles. The molecule has 1 aliphatic carbocycles. The van der Waals surface area contributed by atoms with E-state index in [1.807, 2.05) is 0 Å². The summed E-state index contributed by atoms with van der Waals surface area (Å²) >= 11 is 0. The Bertz CT molecular complexity index is 1170. The van der Waals surface area contributed by atoms with E-state index in [1.165, 1.54) is 34.9 Å². The molecule has 8 heteroatoms. The van der Waals surface area contributed by atoms with E-state index >= 15 is 0 Å². The van der Waals surface area contributed by atoms with Crippen molar-refractivity contribution in [2.75, 3.05) is 0 Å². The quantitative estimate of drug-likeness (QED) is 0.659. The minimum Gasteiger partial charge on any atom is -0.480 e. The standard InChI is InChI=1S/C21H15F2NO5/c22-12-3-1-11(2-4-12)18(25)24-16-6-5-13(23)9-14(16)15-10-21(19(26)27,20(28)29)8-7-17(15)24/h1-6,9H,7-8,10H2,(H,26,27)(H,28,29). The van der Waals surface area contributed by atoms with Gasteiger partial charge in [-0.15, -0.1) is 0 Å². The Morgan fingerprint density at radius 2 is 1.55 bits per heavy atom. The predicted molar refractivity (Wildman–Crippen MR) is 97.8 cm³/mol. The fourth-order valence-corrected chi connectivity index (χ4v) is 3.97. The molecular weight excluding hydrogens is 384 g/mol. The van der Waals surface area contributed by atoms with E-state index in [1.54, 1.807) is 0 Å². The molecule has 0 spiro atoms. The SMILES string of the molecule is O=C(c1ccc(F)cc1)n1c2c(c3cc(F)ccc31)CC(C(=O)O)(C(=O)O)CC2. The second-order valence-electron chi connectivity index (χ2n) is 7.10. The predicted octanol–water partition coefficient (Wildman–Crippen LogP) is 3.25. The highest BCUT2D eigenvalue weighted by molar-refractivity contribution is 6.05. The van der Waals surface area contributed by atoms with E-state index in [0.29, 0.717) is 22.2 Å². The molecule has 148 valence electrons. The molecule has 0 amide bonds. The number of carboxylic acids is 2. The molecule has 6 nitrogen and oxygen atoms in total. The molecule has 0 radical (unpaired) electrons. The number of aromatic nitrogens is 1. The van der Waals surface area contributed by atoms with Crippen LogP contribution in [0.5, 0.6) is 0 Å². The minimum atomic E-state index is -2.04. The molecular formula is C21H15F2NO5. The fourth-order valence-electron chi connectivity index (χ4n) is 3.97. The molecule has 2 N–H and O–H groups in total. The summed E-state index contributed by atoms with van der Waals surface area (Å²) in [6.07, 6.45) is -0.562. The van der Waals surface area contributed by atoms with Gasteiger partial charge in [-0.25, -0.2) is 8.78 Å². The van der Waals surface area contributed by atoms with Crippen molar-refractivity contribution in [1.29, 1.82) is 0 Å². The molecule has 2 aromatic carbocycles. The number of halogens is 2. The number of aliphatic carboxylic acids is 2. The van der Waals surface area contributed by atoms with Gasteiger partial charge in [0.25, 0.3) is 5.91 Å². The van der Waals surface area contributed by atoms with Gasteiger partial charge in [0, 0.05) is 23.1 Å². The number of benzene rings is 2. The molecule has 0 saturated carbocycles. The van der Waals surface area contributed by atoms with Crippen molar-refractivity contribution in [3.8, 4) is 0 Å². The van der Waals surface area contributed by atoms with Crippen molar-refractivity contribution in [2.45, 2.75) is 19.3 Å². The maximum absolute atomic E-state index is 13.9. The van der Waals surface area contributed by atoms with Gasteiger partial charge in [0.05, 0.1) is 5.52 Å². The van der Waals surface area contributed by atoms with E-state index in [9.17, 15) is 33.4 Å². The van der Waals surface area contributed by atoms with E-state index in [-0.39, 0.29) is 24.8 Å². The molecule has 0 bridgehead atoms. The second-order valence-corrected chi connectivity index (χ2v) is 7.10. The number of fused-ring (bicyclic) bond motifs is 3. The van der Waals surface area contributed by atoms with E-state index in [0.717, 1.165) is 12.1 Å². The third-order valence-corrected chi connectivity index (χ3v) is 5.52. The van der Waals surface area contributed by atoms with Crippen LogP contribution in [0, 0.1) is 17.0 Å². The van der Waals surface area contributed by atoms with Gasteiger partial charge in [-0.2, -0.15) is 0 Å². The van der Waals surface area contributed by atoms with Crippen LogP contribution in [0.2, 0.25) is 0 Å². The first-order chi connectivity index (χ1) is 13.7. The maximum atomic E-state index is 13.9. The monoisotopic (exact) mass is 399 g/mol. The van der Waals surface area contributed by atoms with Crippen LogP contribution in [-0.2, 0) is 22.4 Å². The van der Waals surface area contributed by atoms with Crippen LogP contribution >= 0.6 is 0 Å². The van der Waals surface area contributed by atoms with Crippen molar-refractivity contribution >= 4 is 28.7 Å². The summed E-state index contributed by atoms with van der Waals surface area (Å²) in [5, 5.41) is 19.4. The van der Waals surface area contributed by atoms with Gasteiger partial charge in [0.2, 0.25) is 0 Å². The number of hydrogen-bond acceptors (Lipinski definition) is 3. The number of hydrogen-bond donors (Lipinski definition) is 2. The average molecular weight is 399 g/mol. The van der Waals surface area contributed by atoms with Gasteiger partial charge in [0.15, 0.2) is 5.41 Å². The lowest BCUT2D eigenvalue weighted by molar-refractivity contribution is -0.165. The van der Waals surface area contributed by atoms with Gasteiger partial charge in [-0.1, -0.05) is 0 Å². The minimum absolute atomic E-state index is 0.0111. The largest absolute Gasteiger partial charge is 0.480 e. The average Bonchev–Trinajstić information content (AvgIpc) is 3.00. The van der Waals surface area contributed by atoms with Crippen LogP contribution in [0.25, 0.3) is 10.9 Å². The third kappa shape index (κ3) is 2.79. The number of carbonyl (C=O) groups is 3. The zero-order valence-corrected chi connectivity index (χ0v) is 15.0. The Balaban J connectivity index is 1.95. The number of rotatable bonds is 3. The Labute approximate surface area is 163 Å². The van der Waals surface area contributed by atoms with E-state index in [4.69, 9.17) is 0 Å². The highest BCUT2D eigenvalue weighted by Gasteiger charge is 2.50. The normalized spacial score (nSPS) is 15.1. The summed E-state index contributed by atoms with van der Waals surface area (Å²) in [7, 11) is 0.